The van der Waals surface area contributed by atoms with Gasteiger partial charge >= 0.3 is 5.97 Å². The number of aromatic nitrogens is 1. The number of aromatic hydroxyl groups is 1. The molecule has 4 aromatic carbocycles. The number of carbonyl (C=O) groups excluding carboxylic acids is 3. The highest BCUT2D eigenvalue weighted by Gasteiger charge is 2.15. The van der Waals surface area contributed by atoms with Crippen LogP contribution in [0.5, 0.6) is 11.5 Å². The van der Waals surface area contributed by atoms with E-state index in [1.54, 1.807) is 60.7 Å². The molecule has 8 heteroatoms. The average molecular weight is 586 g/mol. The van der Waals surface area contributed by atoms with Crippen LogP contribution in [0.2, 0.25) is 0 Å². The summed E-state index contributed by atoms with van der Waals surface area (Å²) in [5.74, 6) is -0.513. The molecule has 3 N–H and O–H groups in total. The first kappa shape index (κ1) is 29.7. The molecule has 5 rings (SSSR count). The third kappa shape index (κ3) is 7.17. The molecule has 44 heavy (non-hydrogen) atoms. The summed E-state index contributed by atoms with van der Waals surface area (Å²) < 4.78 is 5.52. The Bertz CT molecular complexity index is 1830. The van der Waals surface area contributed by atoms with Crippen LogP contribution < -0.4 is 15.4 Å². The summed E-state index contributed by atoms with van der Waals surface area (Å²) in [6, 6.07) is 27.9. The SMILES string of the molecule is Cc1ccc(NC(=O)c2cncc(C(=O)Oc3cccc(C(C)C)c3)c2)cc1NC(=O)c1ccc(-c2ccc(O)cc2)cc1. The van der Waals surface area contributed by atoms with E-state index in [1.165, 1.54) is 18.5 Å². The molecule has 5 aromatic rings. The van der Waals surface area contributed by atoms with Gasteiger partial charge in [-0.25, -0.2) is 4.79 Å². The molecule has 0 spiro atoms. The molecule has 0 aliphatic rings. The van der Waals surface area contributed by atoms with Gasteiger partial charge in [-0.1, -0.05) is 56.3 Å². The number of nitrogens with one attached hydrogen (secondary N) is 2. The van der Waals surface area contributed by atoms with Crippen molar-refractivity contribution in [2.24, 2.45) is 0 Å². The second-order valence-electron chi connectivity index (χ2n) is 10.6. The Kier molecular flexibility index (Phi) is 8.81. The fraction of sp³-hybridized carbons (Fsp3) is 0.111. The first-order valence-corrected chi connectivity index (χ1v) is 14.1. The number of anilines is 2. The van der Waals surface area contributed by atoms with Crippen molar-refractivity contribution in [3.63, 3.8) is 0 Å². The molecule has 2 amide bonds. The third-order valence-electron chi connectivity index (χ3n) is 7.06. The number of esters is 1. The Morgan fingerprint density at radius 1 is 0.727 bits per heavy atom. The summed E-state index contributed by atoms with van der Waals surface area (Å²) in [5.41, 5.74) is 5.45. The maximum absolute atomic E-state index is 13.1. The number of ether oxygens (including phenoxy) is 1. The minimum absolute atomic E-state index is 0.140. The summed E-state index contributed by atoms with van der Waals surface area (Å²) in [5, 5.41) is 15.2. The van der Waals surface area contributed by atoms with Gasteiger partial charge in [-0.2, -0.15) is 0 Å². The molecule has 0 unspecified atom stereocenters. The quantitative estimate of drug-likeness (QED) is 0.127. The topological polar surface area (TPSA) is 118 Å². The van der Waals surface area contributed by atoms with Gasteiger partial charge in [0.15, 0.2) is 0 Å². The normalized spacial score (nSPS) is 10.7. The first-order chi connectivity index (χ1) is 21.2. The van der Waals surface area contributed by atoms with Crippen molar-refractivity contribution in [2.45, 2.75) is 26.7 Å². The van der Waals surface area contributed by atoms with Gasteiger partial charge < -0.3 is 20.5 Å². The van der Waals surface area contributed by atoms with Gasteiger partial charge in [-0.15, -0.1) is 0 Å². The van der Waals surface area contributed by atoms with Gasteiger partial charge in [-0.3, -0.25) is 14.6 Å². The zero-order valence-electron chi connectivity index (χ0n) is 24.5. The molecule has 0 aliphatic carbocycles. The van der Waals surface area contributed by atoms with Crippen LogP contribution in [0.4, 0.5) is 11.4 Å². The number of nitrogens with zero attached hydrogens (tertiary/aromatic N) is 1. The fourth-order valence-electron chi connectivity index (χ4n) is 4.48. The molecule has 1 aromatic heterocycles. The van der Waals surface area contributed by atoms with Gasteiger partial charge in [0.1, 0.15) is 11.5 Å². The summed E-state index contributed by atoms with van der Waals surface area (Å²) >= 11 is 0. The lowest BCUT2D eigenvalue weighted by molar-refractivity contribution is 0.0734. The Hall–Kier alpha value is -5.76. The number of hydrogen-bond acceptors (Lipinski definition) is 6. The molecule has 0 aliphatic heterocycles. The van der Waals surface area contributed by atoms with Crippen LogP contribution in [0.1, 0.15) is 62.0 Å². The zero-order valence-corrected chi connectivity index (χ0v) is 24.5. The summed E-state index contributed by atoms with van der Waals surface area (Å²) in [7, 11) is 0. The first-order valence-electron chi connectivity index (χ1n) is 14.1. The number of carbonyl (C=O) groups is 3. The van der Waals surface area contributed by atoms with Gasteiger partial charge in [0, 0.05) is 29.3 Å². The van der Waals surface area contributed by atoms with Crippen LogP contribution in [-0.4, -0.2) is 27.9 Å². The van der Waals surface area contributed by atoms with Gasteiger partial charge in [-0.05, 0) is 89.7 Å². The lowest BCUT2D eigenvalue weighted by Gasteiger charge is -2.12. The van der Waals surface area contributed by atoms with Crippen LogP contribution in [-0.2, 0) is 0 Å². The Labute approximate surface area is 255 Å². The lowest BCUT2D eigenvalue weighted by atomic mass is 10.0. The van der Waals surface area contributed by atoms with Crippen molar-refractivity contribution in [1.29, 1.82) is 0 Å². The minimum Gasteiger partial charge on any atom is -0.508 e. The third-order valence-corrected chi connectivity index (χ3v) is 7.06. The van der Waals surface area contributed by atoms with E-state index in [0.717, 1.165) is 22.3 Å². The lowest BCUT2D eigenvalue weighted by Crippen LogP contribution is -2.16. The van der Waals surface area contributed by atoms with Crippen LogP contribution >= 0.6 is 0 Å². The molecular formula is C36H31N3O5. The second-order valence-corrected chi connectivity index (χ2v) is 10.6. The fourth-order valence-corrected chi connectivity index (χ4v) is 4.48. The number of rotatable bonds is 8. The number of benzene rings is 4. The number of phenols is 1. The molecular weight excluding hydrogens is 554 g/mol. The van der Waals surface area contributed by atoms with Gasteiger partial charge in [0.25, 0.3) is 11.8 Å². The van der Waals surface area contributed by atoms with Gasteiger partial charge in [0.2, 0.25) is 0 Å². The monoisotopic (exact) mass is 585 g/mol. The standard InChI is InChI=1S/C36H31N3O5/c1-22(2)27-5-4-6-32(18-27)44-36(43)29-17-28(20-37-21-29)35(42)38-30-14-7-23(3)33(19-30)39-34(41)26-10-8-24(9-11-26)25-12-15-31(40)16-13-25/h4-22,40H,1-3H3,(H,38,42)(H,39,41). The highest BCUT2D eigenvalue weighted by Crippen LogP contribution is 2.25. The van der Waals surface area contributed by atoms with Crippen molar-refractivity contribution >= 4 is 29.2 Å². The van der Waals surface area contributed by atoms with Crippen molar-refractivity contribution in [2.75, 3.05) is 10.6 Å². The second kappa shape index (κ2) is 13.0. The van der Waals surface area contributed by atoms with Crippen LogP contribution in [0, 0.1) is 6.92 Å². The highest BCUT2D eigenvalue weighted by molar-refractivity contribution is 6.07. The Balaban J connectivity index is 1.25. The average Bonchev–Trinajstić information content (AvgIpc) is 3.03. The van der Waals surface area contributed by atoms with E-state index in [2.05, 4.69) is 29.5 Å². The molecule has 0 radical (unpaired) electrons. The number of hydrogen-bond donors (Lipinski definition) is 3. The van der Waals surface area contributed by atoms with Crippen molar-refractivity contribution in [3.8, 4) is 22.6 Å². The molecule has 0 fully saturated rings. The number of amides is 2. The predicted octanol–water partition coefficient (Wildman–Crippen LogP) is 7.61. The van der Waals surface area contributed by atoms with E-state index in [0.29, 0.717) is 22.7 Å². The Morgan fingerprint density at radius 2 is 1.39 bits per heavy atom. The number of aryl methyl sites for hydroxylation is 1. The van der Waals surface area contributed by atoms with E-state index in [9.17, 15) is 19.5 Å². The van der Waals surface area contributed by atoms with Crippen LogP contribution in [0.25, 0.3) is 11.1 Å². The van der Waals surface area contributed by atoms with Crippen molar-refractivity contribution in [3.05, 3.63) is 137 Å². The van der Waals surface area contributed by atoms with Crippen LogP contribution in [0.15, 0.2) is 109 Å². The summed E-state index contributed by atoms with van der Waals surface area (Å²) in [6.07, 6.45) is 2.71. The molecule has 8 nitrogen and oxygen atoms in total. The minimum atomic E-state index is -0.621. The van der Waals surface area contributed by atoms with E-state index in [4.69, 9.17) is 4.74 Å². The smallest absolute Gasteiger partial charge is 0.345 e. The van der Waals surface area contributed by atoms with Crippen LogP contribution in [0.3, 0.4) is 0 Å². The largest absolute Gasteiger partial charge is 0.508 e. The number of pyridine rings is 1. The summed E-state index contributed by atoms with van der Waals surface area (Å²) in [4.78, 5) is 42.9. The van der Waals surface area contributed by atoms with E-state index >= 15 is 0 Å². The van der Waals surface area contributed by atoms with Crippen molar-refractivity contribution < 1.29 is 24.2 Å². The van der Waals surface area contributed by atoms with E-state index < -0.39 is 11.9 Å². The van der Waals surface area contributed by atoms with E-state index in [-0.39, 0.29) is 28.7 Å². The summed E-state index contributed by atoms with van der Waals surface area (Å²) in [6.45, 7) is 5.96. The van der Waals surface area contributed by atoms with Crippen molar-refractivity contribution in [1.82, 2.24) is 4.98 Å². The molecule has 0 saturated heterocycles. The molecule has 1 heterocycles. The molecule has 0 atom stereocenters. The molecule has 0 bridgehead atoms. The maximum atomic E-state index is 13.1. The highest BCUT2D eigenvalue weighted by atomic mass is 16.5. The molecule has 220 valence electrons. The number of phenolic OH excluding ortho intramolecular Hbond substituents is 1. The maximum Gasteiger partial charge on any atom is 0.345 e. The zero-order chi connectivity index (χ0) is 31.2. The Morgan fingerprint density at radius 3 is 2.09 bits per heavy atom. The van der Waals surface area contributed by atoms with Gasteiger partial charge in [0.05, 0.1) is 11.1 Å². The predicted molar refractivity (Wildman–Crippen MR) is 170 cm³/mol. The molecule has 0 saturated carbocycles. The van der Waals surface area contributed by atoms with E-state index in [1.807, 2.05) is 37.3 Å².